The van der Waals surface area contributed by atoms with Gasteiger partial charge in [-0.1, -0.05) is 6.07 Å². The Kier molecular flexibility index (Phi) is 4.36. The Hall–Kier alpha value is -2.46. The molecule has 8 nitrogen and oxygen atoms in total. The summed E-state index contributed by atoms with van der Waals surface area (Å²) in [5, 5.41) is 12.8. The lowest BCUT2D eigenvalue weighted by Crippen LogP contribution is -2.21. The van der Waals surface area contributed by atoms with Crippen LogP contribution in [0.5, 0.6) is 5.88 Å². The van der Waals surface area contributed by atoms with Gasteiger partial charge in [-0.2, -0.15) is 5.10 Å². The molecular weight excluding hydrogens is 397 g/mol. The summed E-state index contributed by atoms with van der Waals surface area (Å²) in [7, 11) is -3.54. The van der Waals surface area contributed by atoms with E-state index in [9.17, 15) is 13.4 Å². The molecule has 2 aromatic rings. The Morgan fingerprint density at radius 1 is 1.31 bits per heavy atom. The minimum atomic E-state index is -3.54. The predicted octanol–water partition coefficient (Wildman–Crippen LogP) is 2.52. The second-order valence-electron chi connectivity index (χ2n) is 7.72. The van der Waals surface area contributed by atoms with E-state index in [4.69, 9.17) is 9.88 Å². The molecule has 1 aliphatic heterocycles. The van der Waals surface area contributed by atoms with E-state index in [2.05, 4.69) is 20.8 Å². The molecule has 2 amide bonds. The van der Waals surface area contributed by atoms with Crippen LogP contribution >= 0.6 is 0 Å². The van der Waals surface area contributed by atoms with Crippen LogP contribution in [-0.4, -0.2) is 32.8 Å². The quantitative estimate of drug-likeness (QED) is 0.779. The number of benzene rings is 1. The molecule has 2 atom stereocenters. The van der Waals surface area contributed by atoms with Crippen molar-refractivity contribution in [2.75, 3.05) is 11.9 Å². The molecular formula is C19H22FN5O3S. The van der Waals surface area contributed by atoms with E-state index in [1.807, 2.05) is 0 Å². The van der Waals surface area contributed by atoms with Crippen LogP contribution in [0.25, 0.3) is 0 Å². The summed E-state index contributed by atoms with van der Waals surface area (Å²) >= 11 is 0. The number of alkyl halides is 1. The summed E-state index contributed by atoms with van der Waals surface area (Å²) in [6.07, 6.45) is 4.52. The SMILES string of the molecule is N[S@](=O)(=NC(=O)Nc1c2c(cc3c1C[C@H](F)C3)CCC2)c1cnn2c1OCCC2. The number of carbonyl (C=O) groups is 1. The van der Waals surface area contributed by atoms with Crippen LogP contribution in [0.1, 0.15) is 35.1 Å². The third kappa shape index (κ3) is 3.20. The first-order valence-corrected chi connectivity index (χ1v) is 11.4. The number of aromatic nitrogens is 2. The van der Waals surface area contributed by atoms with Crippen LogP contribution in [0.15, 0.2) is 21.5 Å². The van der Waals surface area contributed by atoms with Gasteiger partial charge in [0.05, 0.1) is 12.8 Å². The van der Waals surface area contributed by atoms with Gasteiger partial charge in [0.2, 0.25) is 5.88 Å². The number of urea groups is 1. The fourth-order valence-corrected chi connectivity index (χ4v) is 5.50. The topological polar surface area (TPSA) is 112 Å². The summed E-state index contributed by atoms with van der Waals surface area (Å²) in [5.74, 6) is 0.294. The van der Waals surface area contributed by atoms with E-state index in [-0.39, 0.29) is 11.3 Å². The summed E-state index contributed by atoms with van der Waals surface area (Å²) < 4.78 is 37.9. The first-order chi connectivity index (χ1) is 13.9. The van der Waals surface area contributed by atoms with E-state index in [1.165, 1.54) is 6.20 Å². The molecule has 2 heterocycles. The minimum absolute atomic E-state index is 0.111. The number of carbonyl (C=O) groups excluding carboxylic acids is 1. The maximum absolute atomic E-state index is 14.0. The van der Waals surface area contributed by atoms with E-state index < -0.39 is 22.1 Å². The van der Waals surface area contributed by atoms with Gasteiger partial charge in [0.1, 0.15) is 11.1 Å². The maximum Gasteiger partial charge on any atom is 0.354 e. The van der Waals surface area contributed by atoms with Crippen LogP contribution in [0.2, 0.25) is 0 Å². The third-order valence-corrected chi connectivity index (χ3v) is 7.09. The van der Waals surface area contributed by atoms with Gasteiger partial charge in [0.25, 0.3) is 0 Å². The molecule has 3 aliphatic rings. The van der Waals surface area contributed by atoms with Gasteiger partial charge in [-0.3, -0.25) is 0 Å². The molecule has 0 radical (unpaired) electrons. The Balaban J connectivity index is 1.49. The highest BCUT2D eigenvalue weighted by Crippen LogP contribution is 2.39. The van der Waals surface area contributed by atoms with Crippen molar-refractivity contribution in [1.29, 1.82) is 0 Å². The normalized spacial score (nSPS) is 21.5. The van der Waals surface area contributed by atoms with Crippen molar-refractivity contribution in [3.63, 3.8) is 0 Å². The predicted molar refractivity (Wildman–Crippen MR) is 105 cm³/mol. The maximum atomic E-state index is 14.0. The first kappa shape index (κ1) is 18.6. The van der Waals surface area contributed by atoms with Gasteiger partial charge in [-0.25, -0.2) is 23.2 Å². The van der Waals surface area contributed by atoms with Gasteiger partial charge in [-0.15, -0.1) is 4.36 Å². The number of anilines is 1. The number of hydrogen-bond acceptors (Lipinski definition) is 4. The summed E-state index contributed by atoms with van der Waals surface area (Å²) in [4.78, 5) is 12.8. The van der Waals surface area contributed by atoms with Crippen LogP contribution in [0, 0.1) is 0 Å². The molecule has 5 rings (SSSR count). The van der Waals surface area contributed by atoms with Gasteiger partial charge < -0.3 is 10.1 Å². The number of aryl methyl sites for hydroxylation is 2. The highest BCUT2D eigenvalue weighted by Gasteiger charge is 2.30. The lowest BCUT2D eigenvalue weighted by Gasteiger charge is -2.16. The Labute approximate surface area is 167 Å². The highest BCUT2D eigenvalue weighted by molar-refractivity contribution is 7.91. The van der Waals surface area contributed by atoms with Crippen molar-refractivity contribution in [3.05, 3.63) is 34.5 Å². The second-order valence-corrected chi connectivity index (χ2v) is 9.47. The molecule has 3 N–H and O–H groups in total. The Morgan fingerprint density at radius 2 is 2.17 bits per heavy atom. The Morgan fingerprint density at radius 3 is 3.03 bits per heavy atom. The van der Waals surface area contributed by atoms with E-state index in [1.54, 1.807) is 4.68 Å². The van der Waals surface area contributed by atoms with Crippen molar-refractivity contribution in [2.45, 2.75) is 56.1 Å². The zero-order chi connectivity index (χ0) is 20.2. The highest BCUT2D eigenvalue weighted by atomic mass is 32.2. The molecule has 1 aromatic carbocycles. The molecule has 0 saturated heterocycles. The first-order valence-electron chi connectivity index (χ1n) is 9.77. The average molecular weight is 419 g/mol. The standard InChI is InChI=1S/C19H22FN5O3S/c20-13-8-12-7-11-3-1-4-14(11)17(15(12)9-13)23-19(26)24-29(21,27)16-10-22-25-5-2-6-28-18(16)25/h7,10,13H,1-6,8-9H2,(H3,21,23,24,26,27)/t13-,29+/m1/s1. The monoisotopic (exact) mass is 419 g/mol. The molecule has 29 heavy (non-hydrogen) atoms. The number of nitrogens with two attached hydrogens (primary N) is 1. The van der Waals surface area contributed by atoms with Crippen LogP contribution < -0.4 is 15.2 Å². The second kappa shape index (κ2) is 6.81. The van der Waals surface area contributed by atoms with Crippen LogP contribution in [0.3, 0.4) is 0 Å². The van der Waals surface area contributed by atoms with E-state index >= 15 is 0 Å². The molecule has 10 heteroatoms. The molecule has 1 aromatic heterocycles. The number of hydrogen-bond donors (Lipinski definition) is 2. The number of nitrogens with zero attached hydrogens (tertiary/aromatic N) is 3. The summed E-state index contributed by atoms with van der Waals surface area (Å²) in [6, 6.07) is 1.25. The van der Waals surface area contributed by atoms with Crippen LogP contribution in [-0.2, 0) is 42.1 Å². The fraction of sp³-hybridized carbons (Fsp3) is 0.474. The van der Waals surface area contributed by atoms with E-state index in [0.29, 0.717) is 31.1 Å². The number of amides is 2. The van der Waals surface area contributed by atoms with Gasteiger partial charge >= 0.3 is 6.03 Å². The van der Waals surface area contributed by atoms with Crippen molar-refractivity contribution >= 4 is 21.6 Å². The third-order valence-electron chi connectivity index (χ3n) is 5.75. The van der Waals surface area contributed by atoms with Crippen molar-refractivity contribution < 1.29 is 18.1 Å². The lowest BCUT2D eigenvalue weighted by atomic mass is 9.99. The van der Waals surface area contributed by atoms with Crippen molar-refractivity contribution in [2.24, 2.45) is 9.50 Å². The van der Waals surface area contributed by atoms with Crippen LogP contribution in [0.4, 0.5) is 14.9 Å². The zero-order valence-electron chi connectivity index (χ0n) is 15.8. The molecule has 0 fully saturated rings. The van der Waals surface area contributed by atoms with E-state index in [0.717, 1.165) is 47.9 Å². The zero-order valence-corrected chi connectivity index (χ0v) is 16.6. The molecule has 0 unspecified atom stereocenters. The lowest BCUT2D eigenvalue weighted by molar-refractivity contribution is 0.224. The summed E-state index contributed by atoms with van der Waals surface area (Å²) in [5.41, 5.74) is 4.53. The van der Waals surface area contributed by atoms with Gasteiger partial charge in [0.15, 0.2) is 9.92 Å². The van der Waals surface area contributed by atoms with Crippen molar-refractivity contribution in [3.8, 4) is 5.88 Å². The largest absolute Gasteiger partial charge is 0.477 e. The average Bonchev–Trinajstić information content (AvgIpc) is 3.37. The molecule has 154 valence electrons. The molecule has 0 bridgehead atoms. The van der Waals surface area contributed by atoms with Gasteiger partial charge in [0, 0.05) is 31.5 Å². The molecule has 0 spiro atoms. The smallest absolute Gasteiger partial charge is 0.354 e. The number of ether oxygens (including phenoxy) is 1. The molecule has 2 aliphatic carbocycles. The number of halogens is 1. The Bertz CT molecular complexity index is 1140. The minimum Gasteiger partial charge on any atom is -0.477 e. The van der Waals surface area contributed by atoms with Gasteiger partial charge in [-0.05, 0) is 41.5 Å². The number of nitrogens with one attached hydrogen (secondary N) is 1. The summed E-state index contributed by atoms with van der Waals surface area (Å²) in [6.45, 7) is 1.09. The fourth-order valence-electron chi connectivity index (χ4n) is 4.50. The van der Waals surface area contributed by atoms with Crippen molar-refractivity contribution in [1.82, 2.24) is 9.78 Å². The number of rotatable bonds is 2. The molecule has 0 saturated carbocycles. The number of fused-ring (bicyclic) bond motifs is 3.